The summed E-state index contributed by atoms with van der Waals surface area (Å²) in [6.07, 6.45) is -0.790. The molecule has 0 bridgehead atoms. The number of hydrogen-bond donors (Lipinski definition) is 1. The maximum atomic E-state index is 12.3. The highest BCUT2D eigenvalue weighted by atomic mass is 127. The maximum Gasteiger partial charge on any atom is 0.422 e. The van der Waals surface area contributed by atoms with Gasteiger partial charge in [-0.1, -0.05) is 13.0 Å². The summed E-state index contributed by atoms with van der Waals surface area (Å²) in [5, 5.41) is 0. The van der Waals surface area contributed by atoms with Gasteiger partial charge in [0.15, 0.2) is 12.6 Å². The number of likely N-dealkylation sites (tertiary alicyclic amines) is 1. The van der Waals surface area contributed by atoms with Crippen LogP contribution >= 0.6 is 24.0 Å². The lowest BCUT2D eigenvalue weighted by molar-refractivity contribution is -0.154. The summed E-state index contributed by atoms with van der Waals surface area (Å²) in [7, 11) is 0. The molecule has 1 saturated heterocycles. The fourth-order valence-corrected chi connectivity index (χ4v) is 2.49. The number of nitrogens with two attached hydrogens (primary N) is 1. The van der Waals surface area contributed by atoms with Crippen molar-refractivity contribution in [3.8, 4) is 5.88 Å². The predicted molar refractivity (Wildman–Crippen MR) is 96.5 cm³/mol. The molecule has 0 aliphatic carbocycles. The molecule has 0 radical (unpaired) electrons. The Morgan fingerprint density at radius 1 is 1.50 bits per heavy atom. The minimum Gasteiger partial charge on any atom is -0.468 e. The highest BCUT2D eigenvalue weighted by molar-refractivity contribution is 14.0. The van der Waals surface area contributed by atoms with Gasteiger partial charge in [0.2, 0.25) is 5.88 Å². The van der Waals surface area contributed by atoms with Gasteiger partial charge in [-0.25, -0.2) is 9.98 Å². The molecule has 5 nitrogen and oxygen atoms in total. The van der Waals surface area contributed by atoms with Crippen molar-refractivity contribution in [1.29, 1.82) is 0 Å². The largest absolute Gasteiger partial charge is 0.468 e. The van der Waals surface area contributed by atoms with E-state index in [1.54, 1.807) is 12.1 Å². The average molecular weight is 458 g/mol. The molecule has 1 aromatic heterocycles. The molecular weight excluding hydrogens is 436 g/mol. The Labute approximate surface area is 156 Å². The number of piperidine rings is 1. The molecule has 0 spiro atoms. The second-order valence-electron chi connectivity index (χ2n) is 5.74. The lowest BCUT2D eigenvalue weighted by Gasteiger charge is -2.31. The first-order chi connectivity index (χ1) is 10.8. The lowest BCUT2D eigenvalue weighted by atomic mass is 10.0. The zero-order valence-corrected chi connectivity index (χ0v) is 15.8. The van der Waals surface area contributed by atoms with E-state index in [4.69, 9.17) is 10.5 Å². The van der Waals surface area contributed by atoms with E-state index in [1.165, 1.54) is 12.6 Å². The number of halogens is 4. The van der Waals surface area contributed by atoms with Crippen LogP contribution in [0.25, 0.3) is 0 Å². The van der Waals surface area contributed by atoms with Gasteiger partial charge in [-0.05, 0) is 24.8 Å². The molecule has 2 N–H and O–H groups in total. The number of pyridine rings is 1. The van der Waals surface area contributed by atoms with Crippen molar-refractivity contribution in [3.63, 3.8) is 0 Å². The standard InChI is InChI=1S/C15H21F3N4O.HI/c1-11-4-3-7-22(9-11)14(19)21-8-12-5-2-6-20-13(12)23-10-15(16,17)18;/h2,5-6,11H,3-4,7-10H2,1H3,(H2,19,21);1H. The summed E-state index contributed by atoms with van der Waals surface area (Å²) < 4.78 is 41.5. The van der Waals surface area contributed by atoms with Crippen LogP contribution in [0.2, 0.25) is 0 Å². The topological polar surface area (TPSA) is 63.7 Å². The van der Waals surface area contributed by atoms with E-state index in [-0.39, 0.29) is 36.4 Å². The van der Waals surface area contributed by atoms with Crippen molar-refractivity contribution in [2.45, 2.75) is 32.5 Å². The van der Waals surface area contributed by atoms with E-state index in [2.05, 4.69) is 16.9 Å². The summed E-state index contributed by atoms with van der Waals surface area (Å²) in [4.78, 5) is 10.1. The zero-order valence-electron chi connectivity index (χ0n) is 13.4. The molecule has 0 amide bonds. The number of aromatic nitrogens is 1. The Balaban J connectivity index is 0.00000288. The predicted octanol–water partition coefficient (Wildman–Crippen LogP) is 3.19. The Bertz CT molecular complexity index is 554. The molecular formula is C15H22F3IN4O. The molecule has 0 aromatic carbocycles. The smallest absolute Gasteiger partial charge is 0.422 e. The van der Waals surface area contributed by atoms with E-state index in [1.807, 2.05) is 4.90 Å². The molecule has 2 rings (SSSR count). The van der Waals surface area contributed by atoms with Gasteiger partial charge in [0.25, 0.3) is 0 Å². The first-order valence-electron chi connectivity index (χ1n) is 7.53. The van der Waals surface area contributed by atoms with Crippen LogP contribution in [0.1, 0.15) is 25.3 Å². The molecule has 2 heterocycles. The van der Waals surface area contributed by atoms with Crippen molar-refractivity contribution >= 4 is 29.9 Å². The number of aliphatic imine (C=N–C) groups is 1. The van der Waals surface area contributed by atoms with Gasteiger partial charge in [-0.15, -0.1) is 24.0 Å². The average Bonchev–Trinajstić information content (AvgIpc) is 2.50. The SMILES string of the molecule is CC1CCCN(C(N)=NCc2cccnc2OCC(F)(F)F)C1.I. The Morgan fingerprint density at radius 2 is 2.25 bits per heavy atom. The second-order valence-corrected chi connectivity index (χ2v) is 5.74. The number of ether oxygens (including phenoxy) is 1. The molecule has 1 unspecified atom stereocenters. The number of guanidine groups is 1. The van der Waals surface area contributed by atoms with Crippen LogP contribution in [0.15, 0.2) is 23.3 Å². The van der Waals surface area contributed by atoms with Crippen LogP contribution in [-0.2, 0) is 6.54 Å². The van der Waals surface area contributed by atoms with Crippen LogP contribution in [0.5, 0.6) is 5.88 Å². The fourth-order valence-electron chi connectivity index (χ4n) is 2.49. The molecule has 0 saturated carbocycles. The van der Waals surface area contributed by atoms with Crippen LogP contribution in [0, 0.1) is 5.92 Å². The monoisotopic (exact) mass is 458 g/mol. The third-order valence-electron chi connectivity index (χ3n) is 3.61. The van der Waals surface area contributed by atoms with Crippen molar-refractivity contribution in [1.82, 2.24) is 9.88 Å². The van der Waals surface area contributed by atoms with Crippen molar-refractivity contribution in [2.75, 3.05) is 19.7 Å². The number of alkyl halides is 3. The summed E-state index contributed by atoms with van der Waals surface area (Å²) in [5.74, 6) is 0.900. The Hall–Kier alpha value is -1.26. The molecule has 9 heteroatoms. The normalized spacial score (nSPS) is 18.9. The first-order valence-corrected chi connectivity index (χ1v) is 7.53. The highest BCUT2D eigenvalue weighted by Crippen LogP contribution is 2.21. The summed E-state index contributed by atoms with van der Waals surface area (Å²) in [6, 6.07) is 3.26. The van der Waals surface area contributed by atoms with Crippen molar-refractivity contribution < 1.29 is 17.9 Å². The highest BCUT2D eigenvalue weighted by Gasteiger charge is 2.29. The van der Waals surface area contributed by atoms with Gasteiger partial charge in [-0.3, -0.25) is 0 Å². The van der Waals surface area contributed by atoms with E-state index >= 15 is 0 Å². The lowest BCUT2D eigenvalue weighted by Crippen LogP contribution is -2.43. The molecule has 1 atom stereocenters. The van der Waals surface area contributed by atoms with Crippen LogP contribution < -0.4 is 10.5 Å². The van der Waals surface area contributed by atoms with E-state index in [0.717, 1.165) is 19.5 Å². The second kappa shape index (κ2) is 9.28. The van der Waals surface area contributed by atoms with E-state index < -0.39 is 12.8 Å². The van der Waals surface area contributed by atoms with Crippen LogP contribution in [-0.4, -0.2) is 41.7 Å². The minimum atomic E-state index is -4.40. The first kappa shape index (κ1) is 20.8. The summed E-state index contributed by atoms with van der Waals surface area (Å²) in [5.41, 5.74) is 6.46. The molecule has 1 aliphatic rings. The fraction of sp³-hybridized carbons (Fsp3) is 0.600. The van der Waals surface area contributed by atoms with Gasteiger partial charge < -0.3 is 15.4 Å². The van der Waals surface area contributed by atoms with Gasteiger partial charge in [0.1, 0.15) is 0 Å². The Kier molecular flexibility index (Phi) is 8.04. The number of nitrogens with zero attached hydrogens (tertiary/aromatic N) is 3. The van der Waals surface area contributed by atoms with Crippen molar-refractivity contribution in [3.05, 3.63) is 23.9 Å². The summed E-state index contributed by atoms with van der Waals surface area (Å²) in [6.45, 7) is 2.62. The molecule has 1 fully saturated rings. The van der Waals surface area contributed by atoms with Crippen molar-refractivity contribution in [2.24, 2.45) is 16.6 Å². The van der Waals surface area contributed by atoms with Gasteiger partial charge in [0, 0.05) is 24.8 Å². The van der Waals surface area contributed by atoms with Crippen LogP contribution in [0.4, 0.5) is 13.2 Å². The molecule has 1 aromatic rings. The van der Waals surface area contributed by atoms with E-state index in [9.17, 15) is 13.2 Å². The number of rotatable bonds is 4. The van der Waals surface area contributed by atoms with Crippen LogP contribution in [0.3, 0.4) is 0 Å². The minimum absolute atomic E-state index is 0. The molecule has 1 aliphatic heterocycles. The quantitative estimate of drug-likeness (QED) is 0.428. The van der Waals surface area contributed by atoms with Gasteiger partial charge in [-0.2, -0.15) is 13.2 Å². The van der Waals surface area contributed by atoms with E-state index in [0.29, 0.717) is 17.4 Å². The molecule has 136 valence electrons. The van der Waals surface area contributed by atoms with Gasteiger partial charge in [0.05, 0.1) is 6.54 Å². The Morgan fingerprint density at radius 3 is 2.92 bits per heavy atom. The zero-order chi connectivity index (χ0) is 16.9. The van der Waals surface area contributed by atoms with Gasteiger partial charge >= 0.3 is 6.18 Å². The maximum absolute atomic E-state index is 12.3. The third kappa shape index (κ3) is 6.70. The molecule has 24 heavy (non-hydrogen) atoms. The summed E-state index contributed by atoms with van der Waals surface area (Å²) >= 11 is 0. The number of hydrogen-bond acceptors (Lipinski definition) is 3. The third-order valence-corrected chi connectivity index (χ3v) is 3.61.